The van der Waals surface area contributed by atoms with Crippen LogP contribution in [0.2, 0.25) is 0 Å². The van der Waals surface area contributed by atoms with Gasteiger partial charge in [-0.15, -0.1) is 0 Å². The molecule has 0 spiro atoms. The van der Waals surface area contributed by atoms with Crippen molar-refractivity contribution in [3.8, 4) is 0 Å². The Hall–Kier alpha value is -2.22. The molecular weight excluding hydrogens is 299 g/mol. The number of rotatable bonds is 9. The molecule has 0 saturated heterocycles. The first-order valence-electron chi connectivity index (χ1n) is 8.70. The molecule has 0 radical (unpaired) electrons. The molecule has 1 nitrogen and oxygen atoms in total. The maximum atomic E-state index is 13.2. The van der Waals surface area contributed by atoms with Gasteiger partial charge >= 0.3 is 0 Å². The van der Waals surface area contributed by atoms with Crippen LogP contribution >= 0.6 is 0 Å². The smallest absolute Gasteiger partial charge is 0.156 e. The Balaban J connectivity index is 2.09. The minimum atomic E-state index is -0.257. The number of halogens is 1. The van der Waals surface area contributed by atoms with Gasteiger partial charge < -0.3 is 0 Å². The average molecular weight is 324 g/mol. The van der Waals surface area contributed by atoms with Gasteiger partial charge in [-0.3, -0.25) is 4.79 Å². The summed E-state index contributed by atoms with van der Waals surface area (Å²) < 4.78 is 13.2. The Labute approximate surface area is 144 Å². The largest absolute Gasteiger partial charge is 0.295 e. The van der Waals surface area contributed by atoms with E-state index in [-0.39, 0.29) is 17.5 Å². The minimum Gasteiger partial charge on any atom is -0.295 e. The van der Waals surface area contributed by atoms with Gasteiger partial charge in [0.2, 0.25) is 0 Å². The van der Waals surface area contributed by atoms with Crippen LogP contribution in [-0.4, -0.2) is 5.78 Å². The molecule has 0 N–H and O–H groups in total. The summed E-state index contributed by atoms with van der Waals surface area (Å²) in [5.74, 6) is -0.183. The number of unbranched alkanes of at least 4 members (excludes halogenated alkanes) is 3. The lowest BCUT2D eigenvalue weighted by Gasteiger charge is -2.16. The van der Waals surface area contributed by atoms with Crippen LogP contribution in [0.4, 0.5) is 4.39 Å². The van der Waals surface area contributed by atoms with Crippen LogP contribution < -0.4 is 0 Å². The third-order valence-corrected chi connectivity index (χ3v) is 4.16. The second-order valence-corrected chi connectivity index (χ2v) is 6.08. The SMILES string of the molecule is CCCCC/C=C/C(=O)C[C@@H](c1ccccc1)c1ccc(F)cc1. The van der Waals surface area contributed by atoms with Gasteiger partial charge in [-0.25, -0.2) is 4.39 Å². The fourth-order valence-corrected chi connectivity index (χ4v) is 2.80. The van der Waals surface area contributed by atoms with Gasteiger partial charge in [-0.2, -0.15) is 0 Å². The van der Waals surface area contributed by atoms with Gasteiger partial charge in [-0.05, 0) is 42.2 Å². The molecule has 2 rings (SSSR count). The predicted molar refractivity (Wildman–Crippen MR) is 97.6 cm³/mol. The lowest BCUT2D eigenvalue weighted by Crippen LogP contribution is -2.07. The summed E-state index contributed by atoms with van der Waals surface area (Å²) in [7, 11) is 0. The quantitative estimate of drug-likeness (QED) is 0.405. The zero-order valence-electron chi connectivity index (χ0n) is 14.2. The third kappa shape index (κ3) is 5.77. The van der Waals surface area contributed by atoms with Crippen molar-refractivity contribution in [2.45, 2.75) is 44.9 Å². The highest BCUT2D eigenvalue weighted by atomic mass is 19.1. The second kappa shape index (κ2) is 9.82. The monoisotopic (exact) mass is 324 g/mol. The van der Waals surface area contributed by atoms with Crippen molar-refractivity contribution >= 4 is 5.78 Å². The molecule has 0 unspecified atom stereocenters. The van der Waals surface area contributed by atoms with Gasteiger partial charge in [-0.1, -0.05) is 68.3 Å². The summed E-state index contributed by atoms with van der Waals surface area (Å²) in [4.78, 5) is 12.3. The summed E-state index contributed by atoms with van der Waals surface area (Å²) in [6.45, 7) is 2.17. The maximum absolute atomic E-state index is 13.2. The van der Waals surface area contributed by atoms with Crippen molar-refractivity contribution in [3.63, 3.8) is 0 Å². The van der Waals surface area contributed by atoms with Crippen LogP contribution in [0.25, 0.3) is 0 Å². The Kier molecular flexibility index (Phi) is 7.41. The Bertz CT molecular complexity index is 643. The highest BCUT2D eigenvalue weighted by Crippen LogP contribution is 2.28. The number of carbonyl (C=O) groups is 1. The highest BCUT2D eigenvalue weighted by molar-refractivity contribution is 5.90. The normalized spacial score (nSPS) is 12.4. The van der Waals surface area contributed by atoms with Gasteiger partial charge in [0.15, 0.2) is 5.78 Å². The van der Waals surface area contributed by atoms with Crippen molar-refractivity contribution in [1.29, 1.82) is 0 Å². The standard InChI is InChI=1S/C22H25FO/c1-2-3-4-5-9-12-21(24)17-22(18-10-7-6-8-11-18)19-13-15-20(23)16-14-19/h6-16,22H,2-5,17H2,1H3/b12-9+/t22-/m0/s1. The summed E-state index contributed by atoms with van der Waals surface area (Å²) in [6, 6.07) is 16.4. The van der Waals surface area contributed by atoms with E-state index in [2.05, 4.69) is 6.92 Å². The molecule has 2 heteroatoms. The van der Waals surface area contributed by atoms with E-state index in [4.69, 9.17) is 0 Å². The first-order chi connectivity index (χ1) is 11.7. The number of hydrogen-bond acceptors (Lipinski definition) is 1. The van der Waals surface area contributed by atoms with Gasteiger partial charge in [0, 0.05) is 12.3 Å². The van der Waals surface area contributed by atoms with E-state index >= 15 is 0 Å². The molecule has 0 fully saturated rings. The fraction of sp³-hybridized carbons (Fsp3) is 0.318. The molecule has 0 aliphatic rings. The molecular formula is C22H25FO. The molecule has 0 bridgehead atoms. The van der Waals surface area contributed by atoms with Crippen molar-refractivity contribution in [2.24, 2.45) is 0 Å². The van der Waals surface area contributed by atoms with E-state index < -0.39 is 0 Å². The second-order valence-electron chi connectivity index (χ2n) is 6.08. The molecule has 0 amide bonds. The van der Waals surface area contributed by atoms with Crippen LogP contribution in [0.1, 0.15) is 56.1 Å². The molecule has 2 aromatic carbocycles. The number of carbonyl (C=O) groups excluding carboxylic acids is 1. The number of benzene rings is 2. The first kappa shape index (κ1) is 18.1. The van der Waals surface area contributed by atoms with Crippen LogP contribution in [0, 0.1) is 5.82 Å². The van der Waals surface area contributed by atoms with E-state index in [1.54, 1.807) is 18.2 Å². The Morgan fingerprint density at radius 2 is 1.67 bits per heavy atom. The topological polar surface area (TPSA) is 17.1 Å². The van der Waals surface area contributed by atoms with Gasteiger partial charge in [0.25, 0.3) is 0 Å². The summed E-state index contributed by atoms with van der Waals surface area (Å²) in [5.41, 5.74) is 2.05. The van der Waals surface area contributed by atoms with E-state index in [9.17, 15) is 9.18 Å². The van der Waals surface area contributed by atoms with Gasteiger partial charge in [0.05, 0.1) is 0 Å². The summed E-state index contributed by atoms with van der Waals surface area (Å²) in [5, 5.41) is 0. The molecule has 2 aromatic rings. The molecule has 0 aliphatic heterocycles. The molecule has 1 atom stereocenters. The van der Waals surface area contributed by atoms with E-state index in [0.717, 1.165) is 24.0 Å². The first-order valence-corrected chi connectivity index (χ1v) is 8.70. The summed E-state index contributed by atoms with van der Waals surface area (Å²) in [6.07, 6.45) is 8.54. The molecule has 0 heterocycles. The van der Waals surface area contributed by atoms with Crippen molar-refractivity contribution in [3.05, 3.63) is 83.7 Å². The predicted octanol–water partition coefficient (Wildman–Crippen LogP) is 6.05. The van der Waals surface area contributed by atoms with Crippen LogP contribution in [0.15, 0.2) is 66.7 Å². The average Bonchev–Trinajstić information content (AvgIpc) is 2.61. The third-order valence-electron chi connectivity index (χ3n) is 4.16. The lowest BCUT2D eigenvalue weighted by atomic mass is 9.87. The van der Waals surface area contributed by atoms with Crippen LogP contribution in [-0.2, 0) is 4.79 Å². The number of hydrogen-bond donors (Lipinski definition) is 0. The minimum absolute atomic E-state index is 0.0420. The molecule has 0 aliphatic carbocycles. The molecule has 126 valence electrons. The zero-order chi connectivity index (χ0) is 17.2. The Morgan fingerprint density at radius 3 is 2.33 bits per heavy atom. The van der Waals surface area contributed by atoms with E-state index in [0.29, 0.717) is 6.42 Å². The van der Waals surface area contributed by atoms with Crippen LogP contribution in [0.3, 0.4) is 0 Å². The van der Waals surface area contributed by atoms with E-state index in [1.165, 1.54) is 25.0 Å². The number of allylic oxidation sites excluding steroid dienone is 2. The molecule has 0 saturated carbocycles. The van der Waals surface area contributed by atoms with Crippen LogP contribution in [0.5, 0.6) is 0 Å². The summed E-state index contributed by atoms with van der Waals surface area (Å²) >= 11 is 0. The highest BCUT2D eigenvalue weighted by Gasteiger charge is 2.17. The van der Waals surface area contributed by atoms with Gasteiger partial charge in [0.1, 0.15) is 5.82 Å². The molecule has 24 heavy (non-hydrogen) atoms. The van der Waals surface area contributed by atoms with Crippen molar-refractivity contribution in [1.82, 2.24) is 0 Å². The Morgan fingerprint density at radius 1 is 1.00 bits per heavy atom. The van der Waals surface area contributed by atoms with E-state index in [1.807, 2.05) is 36.4 Å². The van der Waals surface area contributed by atoms with Crippen molar-refractivity contribution < 1.29 is 9.18 Å². The zero-order valence-corrected chi connectivity index (χ0v) is 14.2. The van der Waals surface area contributed by atoms with Crippen molar-refractivity contribution in [2.75, 3.05) is 0 Å². The number of ketones is 1. The molecule has 0 aromatic heterocycles. The lowest BCUT2D eigenvalue weighted by molar-refractivity contribution is -0.114. The fourth-order valence-electron chi connectivity index (χ4n) is 2.80. The maximum Gasteiger partial charge on any atom is 0.156 e.